The smallest absolute Gasteiger partial charge is 0.220 e. The van der Waals surface area contributed by atoms with Crippen LogP contribution in [0.4, 0.5) is 4.39 Å². The molecule has 0 fully saturated rings. The monoisotopic (exact) mass is 265 g/mol. The summed E-state index contributed by atoms with van der Waals surface area (Å²) in [5, 5.41) is 2.99. The summed E-state index contributed by atoms with van der Waals surface area (Å²) in [6, 6.07) is 6.63. The van der Waals surface area contributed by atoms with E-state index >= 15 is 0 Å². The van der Waals surface area contributed by atoms with E-state index in [0.717, 1.165) is 18.4 Å². The maximum Gasteiger partial charge on any atom is 0.220 e. The second-order valence-electron chi connectivity index (χ2n) is 5.57. The molecule has 0 saturated carbocycles. The molecule has 1 amide bonds. The molecule has 0 aliphatic heterocycles. The minimum atomic E-state index is -0.247. The minimum absolute atomic E-state index is 0.0421. The summed E-state index contributed by atoms with van der Waals surface area (Å²) in [4.78, 5) is 11.8. The van der Waals surface area contributed by atoms with Gasteiger partial charge in [0.05, 0.1) is 0 Å². The molecule has 0 heterocycles. The summed E-state index contributed by atoms with van der Waals surface area (Å²) in [5.41, 5.74) is 0.866. The Hall–Kier alpha value is -1.38. The molecule has 0 radical (unpaired) electrons. The van der Waals surface area contributed by atoms with Gasteiger partial charge >= 0.3 is 0 Å². The quantitative estimate of drug-likeness (QED) is 0.800. The summed E-state index contributed by atoms with van der Waals surface area (Å²) in [5.74, 6) is 0.454. The molecule has 1 aromatic rings. The lowest BCUT2D eigenvalue weighted by molar-refractivity contribution is -0.121. The zero-order valence-corrected chi connectivity index (χ0v) is 12.1. The molecule has 1 rings (SSSR count). The van der Waals surface area contributed by atoms with Crippen LogP contribution in [0.15, 0.2) is 24.3 Å². The number of hydrogen-bond acceptors (Lipinski definition) is 1. The fourth-order valence-electron chi connectivity index (χ4n) is 1.95. The second kappa shape index (κ2) is 7.93. The first kappa shape index (κ1) is 15.7. The molecule has 19 heavy (non-hydrogen) atoms. The Bertz CT molecular complexity index is 403. The van der Waals surface area contributed by atoms with Crippen LogP contribution < -0.4 is 5.32 Å². The molecule has 1 unspecified atom stereocenters. The lowest BCUT2D eigenvalue weighted by Gasteiger charge is -2.15. The van der Waals surface area contributed by atoms with Gasteiger partial charge in [0, 0.05) is 12.5 Å². The Kier molecular flexibility index (Phi) is 6.54. The van der Waals surface area contributed by atoms with Gasteiger partial charge in [-0.1, -0.05) is 26.0 Å². The van der Waals surface area contributed by atoms with Crippen LogP contribution in [-0.4, -0.2) is 11.9 Å². The summed E-state index contributed by atoms with van der Waals surface area (Å²) in [6.45, 7) is 6.39. The lowest BCUT2D eigenvalue weighted by Crippen LogP contribution is -2.32. The number of amides is 1. The number of halogens is 1. The van der Waals surface area contributed by atoms with E-state index in [1.807, 2.05) is 13.0 Å². The van der Waals surface area contributed by atoms with Crippen molar-refractivity contribution in [2.45, 2.75) is 52.5 Å². The first-order valence-corrected chi connectivity index (χ1v) is 7.01. The topological polar surface area (TPSA) is 29.1 Å². The molecule has 0 bridgehead atoms. The Labute approximate surface area is 115 Å². The fourth-order valence-corrected chi connectivity index (χ4v) is 1.95. The van der Waals surface area contributed by atoms with E-state index in [0.29, 0.717) is 18.8 Å². The second-order valence-corrected chi connectivity index (χ2v) is 5.57. The molecule has 3 heteroatoms. The number of carbonyl (C=O) groups is 1. The third-order valence-corrected chi connectivity index (χ3v) is 3.11. The van der Waals surface area contributed by atoms with Gasteiger partial charge in [-0.25, -0.2) is 4.39 Å². The average molecular weight is 265 g/mol. The predicted octanol–water partition coefficient (Wildman–Crippen LogP) is 3.70. The Morgan fingerprint density at radius 1 is 1.26 bits per heavy atom. The number of benzene rings is 1. The Balaban J connectivity index is 2.27. The van der Waals surface area contributed by atoms with Crippen LogP contribution in [0.2, 0.25) is 0 Å². The molecular weight excluding hydrogens is 241 g/mol. The van der Waals surface area contributed by atoms with Crippen LogP contribution in [0, 0.1) is 11.7 Å². The van der Waals surface area contributed by atoms with Crippen molar-refractivity contribution in [3.05, 3.63) is 35.6 Å². The van der Waals surface area contributed by atoms with Gasteiger partial charge in [-0.15, -0.1) is 0 Å². The molecular formula is C16H24FNO. The molecule has 0 saturated heterocycles. The van der Waals surface area contributed by atoms with Crippen molar-refractivity contribution in [3.8, 4) is 0 Å². The van der Waals surface area contributed by atoms with Crippen molar-refractivity contribution in [2.75, 3.05) is 0 Å². The van der Waals surface area contributed by atoms with Gasteiger partial charge in [0.1, 0.15) is 5.82 Å². The molecule has 0 aromatic heterocycles. The summed E-state index contributed by atoms with van der Waals surface area (Å²) < 4.78 is 13.0. The molecule has 2 nitrogen and oxygen atoms in total. The van der Waals surface area contributed by atoms with Gasteiger partial charge in [-0.05, 0) is 49.8 Å². The van der Waals surface area contributed by atoms with Crippen LogP contribution >= 0.6 is 0 Å². The standard InChI is InChI=1S/C16H24FNO/c1-12(2)7-8-13(3)18-16(19)10-9-14-5-4-6-15(17)11-14/h4-6,11-13H,7-10H2,1-3H3,(H,18,19). The highest BCUT2D eigenvalue weighted by Gasteiger charge is 2.08. The first-order valence-electron chi connectivity index (χ1n) is 7.01. The molecule has 106 valence electrons. The molecule has 1 N–H and O–H groups in total. The van der Waals surface area contributed by atoms with Crippen LogP contribution in [0.25, 0.3) is 0 Å². The van der Waals surface area contributed by atoms with Crippen molar-refractivity contribution in [1.82, 2.24) is 5.32 Å². The van der Waals surface area contributed by atoms with Crippen molar-refractivity contribution >= 4 is 5.91 Å². The van der Waals surface area contributed by atoms with Gasteiger partial charge in [-0.2, -0.15) is 0 Å². The highest BCUT2D eigenvalue weighted by molar-refractivity contribution is 5.76. The van der Waals surface area contributed by atoms with Crippen molar-refractivity contribution in [2.24, 2.45) is 5.92 Å². The molecule has 0 aliphatic rings. The molecule has 1 aromatic carbocycles. The van der Waals surface area contributed by atoms with Crippen LogP contribution in [0.1, 0.15) is 45.6 Å². The van der Waals surface area contributed by atoms with E-state index in [1.165, 1.54) is 12.1 Å². The number of rotatable bonds is 7. The van der Waals surface area contributed by atoms with E-state index in [1.54, 1.807) is 6.07 Å². The minimum Gasteiger partial charge on any atom is -0.354 e. The van der Waals surface area contributed by atoms with E-state index in [4.69, 9.17) is 0 Å². The zero-order valence-electron chi connectivity index (χ0n) is 12.1. The SMILES string of the molecule is CC(C)CCC(C)NC(=O)CCc1cccc(F)c1. The Morgan fingerprint density at radius 2 is 2.00 bits per heavy atom. The molecule has 0 spiro atoms. The Morgan fingerprint density at radius 3 is 2.63 bits per heavy atom. The summed E-state index contributed by atoms with van der Waals surface area (Å²) in [6.07, 6.45) is 3.12. The number of nitrogens with one attached hydrogen (secondary N) is 1. The number of hydrogen-bond donors (Lipinski definition) is 1. The fraction of sp³-hybridized carbons (Fsp3) is 0.562. The van der Waals surface area contributed by atoms with Gasteiger partial charge in [0.2, 0.25) is 5.91 Å². The first-order chi connectivity index (χ1) is 8.97. The van der Waals surface area contributed by atoms with Crippen molar-refractivity contribution in [3.63, 3.8) is 0 Å². The van der Waals surface area contributed by atoms with Gasteiger partial charge in [0.25, 0.3) is 0 Å². The van der Waals surface area contributed by atoms with E-state index in [-0.39, 0.29) is 17.8 Å². The molecule has 0 aliphatic carbocycles. The summed E-state index contributed by atoms with van der Waals surface area (Å²) >= 11 is 0. The zero-order chi connectivity index (χ0) is 14.3. The van der Waals surface area contributed by atoms with Gasteiger partial charge < -0.3 is 5.32 Å². The highest BCUT2D eigenvalue weighted by Crippen LogP contribution is 2.08. The van der Waals surface area contributed by atoms with Gasteiger partial charge in [-0.3, -0.25) is 4.79 Å². The average Bonchev–Trinajstić information content (AvgIpc) is 2.34. The number of aryl methyl sites for hydroxylation is 1. The maximum absolute atomic E-state index is 13.0. The normalized spacial score (nSPS) is 12.5. The third-order valence-electron chi connectivity index (χ3n) is 3.11. The molecule has 1 atom stereocenters. The van der Waals surface area contributed by atoms with Crippen LogP contribution in [0.3, 0.4) is 0 Å². The van der Waals surface area contributed by atoms with Crippen LogP contribution in [0.5, 0.6) is 0 Å². The van der Waals surface area contributed by atoms with E-state index in [2.05, 4.69) is 19.2 Å². The van der Waals surface area contributed by atoms with Crippen molar-refractivity contribution < 1.29 is 9.18 Å². The lowest BCUT2D eigenvalue weighted by atomic mass is 10.0. The maximum atomic E-state index is 13.0. The largest absolute Gasteiger partial charge is 0.354 e. The number of carbonyl (C=O) groups excluding carboxylic acids is 1. The van der Waals surface area contributed by atoms with Crippen molar-refractivity contribution in [1.29, 1.82) is 0 Å². The third kappa shape index (κ3) is 6.94. The highest BCUT2D eigenvalue weighted by atomic mass is 19.1. The predicted molar refractivity (Wildman–Crippen MR) is 76.4 cm³/mol. The van der Waals surface area contributed by atoms with E-state index < -0.39 is 0 Å². The van der Waals surface area contributed by atoms with Gasteiger partial charge in [0.15, 0.2) is 0 Å². The van der Waals surface area contributed by atoms with Crippen LogP contribution in [-0.2, 0) is 11.2 Å². The van der Waals surface area contributed by atoms with E-state index in [9.17, 15) is 9.18 Å². The summed E-state index contributed by atoms with van der Waals surface area (Å²) in [7, 11) is 0.